The molecule has 1 N–H and O–H groups in total. The Morgan fingerprint density at radius 2 is 2.27 bits per heavy atom. The van der Waals surface area contributed by atoms with Gasteiger partial charge >= 0.3 is 5.97 Å². The van der Waals surface area contributed by atoms with Crippen LogP contribution in [-0.4, -0.2) is 20.6 Å². The van der Waals surface area contributed by atoms with Crippen molar-refractivity contribution in [3.05, 3.63) is 27.1 Å². The van der Waals surface area contributed by atoms with Crippen molar-refractivity contribution in [2.24, 2.45) is 7.05 Å². The van der Waals surface area contributed by atoms with Crippen LogP contribution in [0.1, 0.15) is 15.4 Å². The zero-order chi connectivity index (χ0) is 11.2. The van der Waals surface area contributed by atoms with Gasteiger partial charge in [-0.25, -0.2) is 9.78 Å². The van der Waals surface area contributed by atoms with Crippen molar-refractivity contribution in [3.63, 3.8) is 0 Å². The zero-order valence-corrected chi connectivity index (χ0v) is 8.96. The summed E-state index contributed by atoms with van der Waals surface area (Å²) < 4.78 is 1.69. The highest BCUT2D eigenvalue weighted by atomic mass is 32.1. The Hall–Kier alpha value is -1.69. The molecule has 0 saturated heterocycles. The second kappa shape index (κ2) is 3.16. The third-order valence-corrected chi connectivity index (χ3v) is 3.06. The first-order valence-corrected chi connectivity index (χ1v) is 5.02. The van der Waals surface area contributed by atoms with E-state index in [4.69, 9.17) is 5.11 Å². The lowest BCUT2D eigenvalue weighted by Crippen LogP contribution is -2.18. The Kier molecular flexibility index (Phi) is 2.08. The van der Waals surface area contributed by atoms with Crippen molar-refractivity contribution < 1.29 is 9.90 Å². The Morgan fingerprint density at radius 3 is 2.87 bits per heavy atom. The van der Waals surface area contributed by atoms with Gasteiger partial charge in [0.15, 0.2) is 0 Å². The Labute approximate surface area is 88.6 Å². The van der Waals surface area contributed by atoms with Gasteiger partial charge in [0.05, 0.1) is 15.3 Å². The van der Waals surface area contributed by atoms with E-state index in [0.29, 0.717) is 9.71 Å². The van der Waals surface area contributed by atoms with E-state index in [0.717, 1.165) is 0 Å². The van der Waals surface area contributed by atoms with Gasteiger partial charge in [-0.15, -0.1) is 11.3 Å². The van der Waals surface area contributed by atoms with Crippen LogP contribution in [0.5, 0.6) is 0 Å². The van der Waals surface area contributed by atoms with Gasteiger partial charge in [0.1, 0.15) is 5.52 Å². The number of aromatic carboxylic acids is 1. The number of hydrogen-bond acceptors (Lipinski definition) is 4. The lowest BCUT2D eigenvalue weighted by molar-refractivity contribution is 0.0698. The molecule has 0 aliphatic carbocycles. The summed E-state index contributed by atoms with van der Waals surface area (Å²) in [6.45, 7) is 1.75. The van der Waals surface area contributed by atoms with Crippen LogP contribution >= 0.6 is 11.3 Å². The average molecular weight is 224 g/mol. The van der Waals surface area contributed by atoms with Gasteiger partial charge in [-0.2, -0.15) is 0 Å². The van der Waals surface area contributed by atoms with Crippen LogP contribution in [0.4, 0.5) is 0 Å². The minimum atomic E-state index is -1.04. The lowest BCUT2D eigenvalue weighted by Gasteiger charge is -1.99. The molecule has 2 heterocycles. The van der Waals surface area contributed by atoms with Crippen LogP contribution < -0.4 is 5.56 Å². The van der Waals surface area contributed by atoms with E-state index in [1.165, 1.54) is 29.1 Å². The summed E-state index contributed by atoms with van der Waals surface area (Å²) in [6.07, 6.45) is 1.32. The highest BCUT2D eigenvalue weighted by molar-refractivity contribution is 7.18. The first-order valence-electron chi connectivity index (χ1n) is 4.21. The molecule has 0 aliphatic rings. The predicted molar refractivity (Wildman–Crippen MR) is 56.6 cm³/mol. The number of pyridine rings is 1. The second-order valence-electron chi connectivity index (χ2n) is 3.17. The number of thiazole rings is 1. The quantitative estimate of drug-likeness (QED) is 0.784. The van der Waals surface area contributed by atoms with Gasteiger partial charge in [0, 0.05) is 13.2 Å². The van der Waals surface area contributed by atoms with Crippen LogP contribution in [0.3, 0.4) is 0 Å². The molecule has 0 fully saturated rings. The van der Waals surface area contributed by atoms with Gasteiger partial charge < -0.3 is 9.67 Å². The minimum Gasteiger partial charge on any atom is -0.478 e. The third-order valence-electron chi connectivity index (χ3n) is 2.05. The molecule has 0 atom stereocenters. The standard InChI is InChI=1S/C9H8N2O3S/c1-4-10-6-7(15-4)5(9(13)14)3-11(2)8(6)12/h3H,1-2H3,(H,13,14). The van der Waals surface area contributed by atoms with Crippen molar-refractivity contribution in [1.82, 2.24) is 9.55 Å². The fraction of sp³-hybridized carbons (Fsp3) is 0.222. The average Bonchev–Trinajstić information content (AvgIpc) is 2.53. The second-order valence-corrected chi connectivity index (χ2v) is 4.38. The van der Waals surface area contributed by atoms with E-state index in [1.807, 2.05) is 0 Å². The summed E-state index contributed by atoms with van der Waals surface area (Å²) >= 11 is 1.22. The van der Waals surface area contributed by atoms with Gasteiger partial charge in [0.2, 0.25) is 0 Å². The number of aryl methyl sites for hydroxylation is 2. The van der Waals surface area contributed by atoms with Crippen LogP contribution in [0.25, 0.3) is 10.2 Å². The smallest absolute Gasteiger partial charge is 0.338 e. The Bertz CT molecular complexity index is 612. The van der Waals surface area contributed by atoms with Crippen molar-refractivity contribution in [2.45, 2.75) is 6.92 Å². The van der Waals surface area contributed by atoms with E-state index >= 15 is 0 Å². The fourth-order valence-electron chi connectivity index (χ4n) is 1.38. The molecule has 0 aromatic carbocycles. The van der Waals surface area contributed by atoms with Gasteiger partial charge in [-0.3, -0.25) is 4.79 Å². The summed E-state index contributed by atoms with van der Waals surface area (Å²) in [5, 5.41) is 9.66. The molecule has 0 spiro atoms. The van der Waals surface area contributed by atoms with Gasteiger partial charge in [0.25, 0.3) is 5.56 Å². The maximum atomic E-state index is 11.6. The Morgan fingerprint density at radius 1 is 1.60 bits per heavy atom. The predicted octanol–water partition coefficient (Wildman–Crippen LogP) is 1.00. The molecule has 0 bridgehead atoms. The molecule has 5 nitrogen and oxygen atoms in total. The summed E-state index contributed by atoms with van der Waals surface area (Å²) in [6, 6.07) is 0. The molecule has 2 aromatic heterocycles. The summed E-state index contributed by atoms with van der Waals surface area (Å²) in [7, 11) is 1.52. The Balaban J connectivity index is 3.00. The molecular formula is C9H8N2O3S. The number of carbonyl (C=O) groups is 1. The molecule has 78 valence electrons. The van der Waals surface area contributed by atoms with E-state index in [-0.39, 0.29) is 16.6 Å². The third kappa shape index (κ3) is 1.42. The monoisotopic (exact) mass is 224 g/mol. The molecular weight excluding hydrogens is 216 g/mol. The maximum Gasteiger partial charge on any atom is 0.338 e. The number of carboxylic acids is 1. The number of hydrogen-bond donors (Lipinski definition) is 1. The lowest BCUT2D eigenvalue weighted by atomic mass is 10.2. The van der Waals surface area contributed by atoms with E-state index in [9.17, 15) is 9.59 Å². The first-order chi connectivity index (χ1) is 7.00. The van der Waals surface area contributed by atoms with Crippen molar-refractivity contribution in [3.8, 4) is 0 Å². The SMILES string of the molecule is Cc1nc2c(=O)n(C)cc(C(=O)O)c2s1. The molecule has 6 heteroatoms. The number of nitrogens with zero attached hydrogens (tertiary/aromatic N) is 2. The number of carboxylic acid groups (broad SMARTS) is 1. The summed E-state index contributed by atoms with van der Waals surface area (Å²) in [5.41, 5.74) is 0.0944. The minimum absolute atomic E-state index is 0.123. The molecule has 0 saturated carbocycles. The first kappa shape index (κ1) is 9.85. The van der Waals surface area contributed by atoms with Gasteiger partial charge in [-0.1, -0.05) is 0 Å². The molecule has 0 unspecified atom stereocenters. The van der Waals surface area contributed by atoms with E-state index < -0.39 is 5.97 Å². The van der Waals surface area contributed by atoms with Crippen molar-refractivity contribution in [1.29, 1.82) is 0 Å². The molecule has 2 aromatic rings. The zero-order valence-electron chi connectivity index (χ0n) is 8.14. The maximum absolute atomic E-state index is 11.6. The number of rotatable bonds is 1. The summed E-state index contributed by atoms with van der Waals surface area (Å²) in [4.78, 5) is 26.6. The topological polar surface area (TPSA) is 72.2 Å². The van der Waals surface area contributed by atoms with Crippen molar-refractivity contribution >= 4 is 27.5 Å². The molecule has 0 aliphatic heterocycles. The normalized spacial score (nSPS) is 10.8. The number of fused-ring (bicyclic) bond motifs is 1. The molecule has 0 radical (unpaired) electrons. The van der Waals surface area contributed by atoms with Crippen LogP contribution in [0, 0.1) is 6.92 Å². The van der Waals surface area contributed by atoms with E-state index in [2.05, 4.69) is 4.98 Å². The van der Waals surface area contributed by atoms with Gasteiger partial charge in [-0.05, 0) is 6.92 Å². The van der Waals surface area contributed by atoms with E-state index in [1.54, 1.807) is 6.92 Å². The molecule has 15 heavy (non-hydrogen) atoms. The highest BCUT2D eigenvalue weighted by Gasteiger charge is 2.15. The van der Waals surface area contributed by atoms with Crippen molar-refractivity contribution in [2.75, 3.05) is 0 Å². The van der Waals surface area contributed by atoms with Crippen LogP contribution in [-0.2, 0) is 7.05 Å². The number of aromatic nitrogens is 2. The largest absolute Gasteiger partial charge is 0.478 e. The van der Waals surface area contributed by atoms with Crippen LogP contribution in [0.15, 0.2) is 11.0 Å². The summed E-state index contributed by atoms with van der Waals surface area (Å²) in [5.74, 6) is -1.04. The highest BCUT2D eigenvalue weighted by Crippen LogP contribution is 2.22. The fourth-order valence-corrected chi connectivity index (χ4v) is 2.30. The molecule has 2 rings (SSSR count). The van der Waals surface area contributed by atoms with Crippen LogP contribution in [0.2, 0.25) is 0 Å². The molecule has 0 amide bonds.